The zero-order valence-corrected chi connectivity index (χ0v) is 22.9. The van der Waals surface area contributed by atoms with Gasteiger partial charge in [-0.25, -0.2) is 13.8 Å². The van der Waals surface area contributed by atoms with E-state index in [1.165, 1.54) is 30.5 Å². The third-order valence-corrected chi connectivity index (χ3v) is 8.11. The zero-order valence-electron chi connectivity index (χ0n) is 22.1. The summed E-state index contributed by atoms with van der Waals surface area (Å²) in [6, 6.07) is 19.1. The largest absolute Gasteiger partial charge is 0.484 e. The lowest BCUT2D eigenvalue weighted by Crippen LogP contribution is -2.39. The molecule has 1 aliphatic rings. The Hall–Kier alpha value is -4.78. The molecule has 2 amide bonds. The van der Waals surface area contributed by atoms with Gasteiger partial charge in [-0.05, 0) is 73.4 Å². The zero-order chi connectivity index (χ0) is 29.2. The quantitative estimate of drug-likeness (QED) is 0.208. The molecule has 0 aliphatic carbocycles. The van der Waals surface area contributed by atoms with Crippen LogP contribution in [0.4, 0.5) is 11.4 Å². The van der Waals surface area contributed by atoms with Gasteiger partial charge in [-0.15, -0.1) is 0 Å². The molecule has 0 aromatic heterocycles. The smallest absolute Gasteiger partial charge is 0.269 e. The molecule has 0 spiro atoms. The second-order valence-electron chi connectivity index (χ2n) is 9.19. The van der Waals surface area contributed by atoms with E-state index >= 15 is 0 Å². The maximum absolute atomic E-state index is 13.3. The number of piperidine rings is 1. The molecule has 1 N–H and O–H groups in total. The van der Waals surface area contributed by atoms with Crippen LogP contribution in [0.3, 0.4) is 0 Å². The van der Waals surface area contributed by atoms with Gasteiger partial charge in [-0.2, -0.15) is 5.10 Å². The molecular weight excluding hydrogens is 550 g/mol. The standard InChI is InChI=1S/C28H29N5O7S/c34-27(30-29-19-22-9-15-25(16-10-22)40-21-28(35)31-17-5-2-6-18-31)20-32(23-11-13-24(14-12-23)33(36)37)41(38,39)26-7-3-1-4-8-26/h1,3-4,7-16,19H,2,5-6,17-18,20-21H2,(H,30,34)/b29-19-. The van der Waals surface area contributed by atoms with Crippen molar-refractivity contribution in [1.29, 1.82) is 0 Å². The highest BCUT2D eigenvalue weighted by atomic mass is 32.2. The number of hydrogen-bond donors (Lipinski definition) is 1. The lowest BCUT2D eigenvalue weighted by atomic mass is 10.1. The number of ether oxygens (including phenoxy) is 1. The highest BCUT2D eigenvalue weighted by Gasteiger charge is 2.27. The van der Waals surface area contributed by atoms with Gasteiger partial charge in [0, 0.05) is 25.2 Å². The number of nitrogens with zero attached hydrogens (tertiary/aromatic N) is 4. The molecule has 12 nitrogen and oxygen atoms in total. The first kappa shape index (κ1) is 29.2. The number of nitro benzene ring substituents is 1. The summed E-state index contributed by atoms with van der Waals surface area (Å²) in [4.78, 5) is 37.2. The van der Waals surface area contributed by atoms with Gasteiger partial charge in [-0.3, -0.25) is 24.0 Å². The van der Waals surface area contributed by atoms with E-state index in [1.807, 2.05) is 0 Å². The molecule has 4 rings (SSSR count). The molecule has 1 heterocycles. The van der Waals surface area contributed by atoms with Crippen LogP contribution in [0, 0.1) is 10.1 Å². The van der Waals surface area contributed by atoms with E-state index < -0.39 is 27.4 Å². The SMILES string of the molecule is O=C(CN(c1ccc([N+](=O)[O-])cc1)S(=O)(=O)c1ccccc1)N/N=C\c1ccc(OCC(=O)N2CCCCC2)cc1. The van der Waals surface area contributed by atoms with Crippen molar-refractivity contribution in [2.24, 2.45) is 5.10 Å². The number of rotatable bonds is 11. The first-order chi connectivity index (χ1) is 19.7. The Balaban J connectivity index is 1.37. The van der Waals surface area contributed by atoms with Gasteiger partial charge in [0.15, 0.2) is 6.61 Å². The van der Waals surface area contributed by atoms with Gasteiger partial charge in [0.05, 0.1) is 21.7 Å². The second-order valence-corrected chi connectivity index (χ2v) is 11.1. The Bertz CT molecular complexity index is 1490. The van der Waals surface area contributed by atoms with Crippen LogP contribution in [0.5, 0.6) is 5.75 Å². The molecule has 3 aromatic rings. The monoisotopic (exact) mass is 579 g/mol. The van der Waals surface area contributed by atoms with Crippen molar-refractivity contribution in [3.05, 3.63) is 94.5 Å². The Morgan fingerprint density at radius 1 is 0.976 bits per heavy atom. The van der Waals surface area contributed by atoms with E-state index in [0.717, 1.165) is 48.8 Å². The average molecular weight is 580 g/mol. The van der Waals surface area contributed by atoms with E-state index in [4.69, 9.17) is 4.74 Å². The predicted molar refractivity (Wildman–Crippen MR) is 152 cm³/mol. The summed E-state index contributed by atoms with van der Waals surface area (Å²) >= 11 is 0. The lowest BCUT2D eigenvalue weighted by Gasteiger charge is -2.26. The van der Waals surface area contributed by atoms with Gasteiger partial charge in [0.2, 0.25) is 0 Å². The van der Waals surface area contributed by atoms with E-state index in [2.05, 4.69) is 10.5 Å². The number of nitrogens with one attached hydrogen (secondary N) is 1. The second kappa shape index (κ2) is 13.5. The minimum atomic E-state index is -4.17. The molecule has 1 fully saturated rings. The number of nitro groups is 1. The molecule has 1 saturated heterocycles. The minimum Gasteiger partial charge on any atom is -0.484 e. The Kier molecular flexibility index (Phi) is 9.64. The fourth-order valence-corrected chi connectivity index (χ4v) is 5.59. The summed E-state index contributed by atoms with van der Waals surface area (Å²) < 4.78 is 33.1. The summed E-state index contributed by atoms with van der Waals surface area (Å²) in [5.41, 5.74) is 2.80. The van der Waals surface area contributed by atoms with E-state index in [-0.39, 0.29) is 28.8 Å². The maximum atomic E-state index is 13.3. The number of amides is 2. The molecule has 0 radical (unpaired) electrons. The van der Waals surface area contributed by atoms with Crippen LogP contribution < -0.4 is 14.5 Å². The van der Waals surface area contributed by atoms with Gasteiger partial charge in [-0.1, -0.05) is 18.2 Å². The molecule has 3 aromatic carbocycles. The van der Waals surface area contributed by atoms with Crippen LogP contribution in [-0.2, 0) is 19.6 Å². The van der Waals surface area contributed by atoms with Crippen molar-refractivity contribution in [3.63, 3.8) is 0 Å². The van der Waals surface area contributed by atoms with Crippen molar-refractivity contribution < 1.29 is 27.7 Å². The van der Waals surface area contributed by atoms with Crippen molar-refractivity contribution >= 4 is 39.4 Å². The van der Waals surface area contributed by atoms with Crippen molar-refractivity contribution in [2.45, 2.75) is 24.2 Å². The highest BCUT2D eigenvalue weighted by Crippen LogP contribution is 2.25. The van der Waals surface area contributed by atoms with Crippen LogP contribution in [0.15, 0.2) is 88.9 Å². The topological polar surface area (TPSA) is 152 Å². The number of benzene rings is 3. The summed E-state index contributed by atoms with van der Waals surface area (Å²) in [6.07, 6.45) is 4.53. The molecule has 0 bridgehead atoms. The minimum absolute atomic E-state index is 0.0410. The fraction of sp³-hybridized carbons (Fsp3) is 0.250. The lowest BCUT2D eigenvalue weighted by molar-refractivity contribution is -0.384. The van der Waals surface area contributed by atoms with Crippen molar-refractivity contribution in [1.82, 2.24) is 10.3 Å². The third-order valence-electron chi connectivity index (χ3n) is 6.32. The average Bonchev–Trinajstić information content (AvgIpc) is 3.00. The Labute approximate surface area is 237 Å². The van der Waals surface area contributed by atoms with Crippen LogP contribution in [-0.4, -0.2) is 62.5 Å². The van der Waals surface area contributed by atoms with Gasteiger partial charge in [0.25, 0.3) is 27.5 Å². The molecular formula is C28H29N5O7S. The number of carbonyl (C=O) groups is 2. The Morgan fingerprint density at radius 3 is 2.27 bits per heavy atom. The first-order valence-corrected chi connectivity index (χ1v) is 14.3. The summed E-state index contributed by atoms with van der Waals surface area (Å²) in [7, 11) is -4.17. The summed E-state index contributed by atoms with van der Waals surface area (Å²) in [5, 5.41) is 14.9. The normalized spacial score (nSPS) is 13.5. The molecule has 41 heavy (non-hydrogen) atoms. The Morgan fingerprint density at radius 2 is 1.63 bits per heavy atom. The van der Waals surface area contributed by atoms with E-state index in [0.29, 0.717) is 11.3 Å². The number of sulfonamides is 1. The van der Waals surface area contributed by atoms with Crippen LogP contribution >= 0.6 is 0 Å². The molecule has 214 valence electrons. The van der Waals surface area contributed by atoms with Crippen LogP contribution in [0.25, 0.3) is 0 Å². The molecule has 0 saturated carbocycles. The summed E-state index contributed by atoms with van der Waals surface area (Å²) in [6.45, 7) is 0.852. The maximum Gasteiger partial charge on any atom is 0.269 e. The molecule has 1 aliphatic heterocycles. The number of hydrazone groups is 1. The van der Waals surface area contributed by atoms with Gasteiger partial charge in [0.1, 0.15) is 12.3 Å². The van der Waals surface area contributed by atoms with Gasteiger partial charge >= 0.3 is 0 Å². The highest BCUT2D eigenvalue weighted by molar-refractivity contribution is 7.92. The molecule has 0 atom stereocenters. The third kappa shape index (κ3) is 7.88. The number of likely N-dealkylation sites (tertiary alicyclic amines) is 1. The van der Waals surface area contributed by atoms with Crippen molar-refractivity contribution in [2.75, 3.05) is 30.5 Å². The number of hydrogen-bond acceptors (Lipinski definition) is 8. The molecule has 13 heteroatoms. The van der Waals surface area contributed by atoms with Gasteiger partial charge < -0.3 is 9.64 Å². The van der Waals surface area contributed by atoms with E-state index in [1.54, 1.807) is 47.4 Å². The van der Waals surface area contributed by atoms with Crippen LogP contribution in [0.2, 0.25) is 0 Å². The predicted octanol–water partition coefficient (Wildman–Crippen LogP) is 3.33. The fourth-order valence-electron chi connectivity index (χ4n) is 4.15. The van der Waals surface area contributed by atoms with Crippen molar-refractivity contribution in [3.8, 4) is 5.75 Å². The number of carbonyl (C=O) groups excluding carboxylic acids is 2. The first-order valence-electron chi connectivity index (χ1n) is 12.9. The number of non-ortho nitro benzene ring substituents is 1. The summed E-state index contributed by atoms with van der Waals surface area (Å²) in [5.74, 6) is -0.258. The van der Waals surface area contributed by atoms with Crippen LogP contribution in [0.1, 0.15) is 24.8 Å². The molecule has 0 unspecified atom stereocenters. The number of anilines is 1. The van der Waals surface area contributed by atoms with E-state index in [9.17, 15) is 28.1 Å².